The number of carbonyl (C=O) groups is 1. The molecule has 98 valence electrons. The molecule has 0 atom stereocenters. The van der Waals surface area contributed by atoms with E-state index in [0.29, 0.717) is 16.8 Å². The lowest BCUT2D eigenvalue weighted by molar-refractivity contribution is 0.102. The highest BCUT2D eigenvalue weighted by molar-refractivity contribution is 7.98. The molecule has 1 amide bonds. The molecular weight excluding hydrogens is 261 g/mol. The lowest BCUT2D eigenvalue weighted by Crippen LogP contribution is -2.12. The van der Waals surface area contributed by atoms with E-state index in [4.69, 9.17) is 0 Å². The molecule has 0 aliphatic heterocycles. The van der Waals surface area contributed by atoms with Gasteiger partial charge in [-0.1, -0.05) is 0 Å². The van der Waals surface area contributed by atoms with Crippen molar-refractivity contribution in [1.29, 1.82) is 0 Å². The third-order valence-electron chi connectivity index (χ3n) is 2.79. The molecule has 0 heterocycles. The van der Waals surface area contributed by atoms with Crippen molar-refractivity contribution >= 4 is 23.4 Å². The van der Waals surface area contributed by atoms with E-state index < -0.39 is 0 Å². The summed E-state index contributed by atoms with van der Waals surface area (Å²) in [6.45, 7) is 1.76. The third kappa shape index (κ3) is 3.35. The Morgan fingerprint density at radius 3 is 2.42 bits per heavy atom. The molecule has 0 aliphatic rings. The molecule has 4 heteroatoms. The van der Waals surface area contributed by atoms with Crippen LogP contribution in [0.15, 0.2) is 47.4 Å². The van der Waals surface area contributed by atoms with Crippen molar-refractivity contribution in [3.8, 4) is 0 Å². The highest BCUT2D eigenvalue weighted by Gasteiger charge is 2.08. The van der Waals surface area contributed by atoms with E-state index in [1.54, 1.807) is 36.9 Å². The second kappa shape index (κ2) is 5.89. The molecule has 0 aromatic heterocycles. The fraction of sp³-hybridized carbons (Fsp3) is 0.133. The molecule has 1 N–H and O–H groups in total. The molecule has 0 bridgehead atoms. The number of anilines is 1. The Bertz CT molecular complexity index is 596. The van der Waals surface area contributed by atoms with Crippen LogP contribution in [0.25, 0.3) is 0 Å². The largest absolute Gasteiger partial charge is 0.322 e. The first kappa shape index (κ1) is 13.6. The van der Waals surface area contributed by atoms with Crippen LogP contribution in [0.1, 0.15) is 15.9 Å². The van der Waals surface area contributed by atoms with Crippen molar-refractivity contribution in [2.75, 3.05) is 11.6 Å². The maximum absolute atomic E-state index is 13.0. The number of amides is 1. The Balaban J connectivity index is 2.15. The quantitative estimate of drug-likeness (QED) is 0.854. The summed E-state index contributed by atoms with van der Waals surface area (Å²) in [6.07, 6.45) is 1.98. The van der Waals surface area contributed by atoms with Gasteiger partial charge in [0.2, 0.25) is 0 Å². The van der Waals surface area contributed by atoms with Crippen molar-refractivity contribution < 1.29 is 9.18 Å². The molecule has 0 unspecified atom stereocenters. The van der Waals surface area contributed by atoms with Crippen molar-refractivity contribution in [2.24, 2.45) is 0 Å². The van der Waals surface area contributed by atoms with Crippen molar-refractivity contribution in [3.05, 3.63) is 59.4 Å². The molecule has 0 radical (unpaired) electrons. The zero-order chi connectivity index (χ0) is 13.8. The van der Waals surface area contributed by atoms with E-state index in [0.717, 1.165) is 4.90 Å². The topological polar surface area (TPSA) is 29.1 Å². The summed E-state index contributed by atoms with van der Waals surface area (Å²) in [5.74, 6) is -0.498. The van der Waals surface area contributed by atoms with E-state index >= 15 is 0 Å². The summed E-state index contributed by atoms with van der Waals surface area (Å²) in [5, 5.41) is 2.78. The average molecular weight is 275 g/mol. The lowest BCUT2D eigenvalue weighted by atomic mass is 10.1. The van der Waals surface area contributed by atoms with E-state index in [1.807, 2.05) is 18.4 Å². The SMILES string of the molecule is CSc1ccc(C(=O)Nc2ccc(F)cc2C)cc1. The Morgan fingerprint density at radius 2 is 1.84 bits per heavy atom. The highest BCUT2D eigenvalue weighted by atomic mass is 32.2. The summed E-state index contributed by atoms with van der Waals surface area (Å²) in [7, 11) is 0. The first-order valence-electron chi connectivity index (χ1n) is 5.81. The summed E-state index contributed by atoms with van der Waals surface area (Å²) < 4.78 is 13.0. The van der Waals surface area contributed by atoms with Crippen LogP contribution in [0, 0.1) is 12.7 Å². The monoisotopic (exact) mass is 275 g/mol. The molecule has 0 spiro atoms. The molecule has 2 rings (SSSR count). The predicted molar refractivity (Wildman–Crippen MR) is 77.3 cm³/mol. The summed E-state index contributed by atoms with van der Waals surface area (Å²) in [4.78, 5) is 13.1. The second-order valence-corrected chi connectivity index (χ2v) is 5.02. The number of benzene rings is 2. The van der Waals surface area contributed by atoms with Gasteiger partial charge in [0.05, 0.1) is 0 Å². The van der Waals surface area contributed by atoms with Crippen LogP contribution in [0.3, 0.4) is 0 Å². The summed E-state index contributed by atoms with van der Waals surface area (Å²) in [6, 6.07) is 11.7. The van der Waals surface area contributed by atoms with Crippen LogP contribution >= 0.6 is 11.8 Å². The van der Waals surface area contributed by atoms with E-state index in [2.05, 4.69) is 5.32 Å². The van der Waals surface area contributed by atoms with Gasteiger partial charge in [-0.25, -0.2) is 4.39 Å². The smallest absolute Gasteiger partial charge is 0.255 e. The van der Waals surface area contributed by atoms with Gasteiger partial charge in [-0.2, -0.15) is 0 Å². The third-order valence-corrected chi connectivity index (χ3v) is 3.53. The zero-order valence-corrected chi connectivity index (χ0v) is 11.6. The maximum Gasteiger partial charge on any atom is 0.255 e. The van der Waals surface area contributed by atoms with Crippen LogP contribution in [0.2, 0.25) is 0 Å². The van der Waals surface area contributed by atoms with Crippen LogP contribution in [0.5, 0.6) is 0 Å². The zero-order valence-electron chi connectivity index (χ0n) is 10.7. The van der Waals surface area contributed by atoms with E-state index in [9.17, 15) is 9.18 Å². The number of carbonyl (C=O) groups excluding carboxylic acids is 1. The Hall–Kier alpha value is -1.81. The van der Waals surface area contributed by atoms with Gasteiger partial charge in [0.1, 0.15) is 5.82 Å². The highest BCUT2D eigenvalue weighted by Crippen LogP contribution is 2.18. The molecule has 2 aromatic carbocycles. The summed E-state index contributed by atoms with van der Waals surface area (Å²) >= 11 is 1.62. The fourth-order valence-corrected chi connectivity index (χ4v) is 2.11. The Kier molecular flexibility index (Phi) is 4.22. The van der Waals surface area contributed by atoms with Crippen molar-refractivity contribution in [1.82, 2.24) is 0 Å². The lowest BCUT2D eigenvalue weighted by Gasteiger charge is -2.08. The van der Waals surface area contributed by atoms with Gasteiger partial charge in [0.15, 0.2) is 0 Å². The minimum absolute atomic E-state index is 0.192. The molecule has 19 heavy (non-hydrogen) atoms. The first-order valence-corrected chi connectivity index (χ1v) is 7.04. The van der Waals surface area contributed by atoms with Crippen LogP contribution in [-0.4, -0.2) is 12.2 Å². The van der Waals surface area contributed by atoms with E-state index in [-0.39, 0.29) is 11.7 Å². The minimum Gasteiger partial charge on any atom is -0.322 e. The predicted octanol–water partition coefficient (Wildman–Crippen LogP) is 4.11. The molecule has 2 nitrogen and oxygen atoms in total. The number of nitrogens with one attached hydrogen (secondary N) is 1. The van der Waals surface area contributed by atoms with Gasteiger partial charge >= 0.3 is 0 Å². The number of hydrogen-bond acceptors (Lipinski definition) is 2. The van der Waals surface area contributed by atoms with Gasteiger partial charge in [0.25, 0.3) is 5.91 Å². The molecule has 0 saturated heterocycles. The standard InChI is InChI=1S/C15H14FNOS/c1-10-9-12(16)5-8-14(10)17-15(18)11-3-6-13(19-2)7-4-11/h3-9H,1-2H3,(H,17,18). The van der Waals surface area contributed by atoms with Crippen molar-refractivity contribution in [3.63, 3.8) is 0 Å². The van der Waals surface area contributed by atoms with Gasteiger partial charge in [-0.05, 0) is 61.2 Å². The number of hydrogen-bond donors (Lipinski definition) is 1. The average Bonchev–Trinajstić information content (AvgIpc) is 2.42. The fourth-order valence-electron chi connectivity index (χ4n) is 1.70. The Labute approximate surface area is 116 Å². The van der Waals surface area contributed by atoms with Gasteiger partial charge in [-0.15, -0.1) is 11.8 Å². The van der Waals surface area contributed by atoms with Crippen LogP contribution < -0.4 is 5.32 Å². The van der Waals surface area contributed by atoms with Crippen LogP contribution in [-0.2, 0) is 0 Å². The van der Waals surface area contributed by atoms with Crippen LogP contribution in [0.4, 0.5) is 10.1 Å². The minimum atomic E-state index is -0.306. The maximum atomic E-state index is 13.0. The Morgan fingerprint density at radius 1 is 1.16 bits per heavy atom. The van der Waals surface area contributed by atoms with Gasteiger partial charge in [-0.3, -0.25) is 4.79 Å². The molecular formula is C15H14FNOS. The summed E-state index contributed by atoms with van der Waals surface area (Å²) in [5.41, 5.74) is 1.91. The van der Waals surface area contributed by atoms with Gasteiger partial charge < -0.3 is 5.32 Å². The number of thioether (sulfide) groups is 1. The second-order valence-electron chi connectivity index (χ2n) is 4.14. The first-order chi connectivity index (χ1) is 9.10. The van der Waals surface area contributed by atoms with Crippen molar-refractivity contribution in [2.45, 2.75) is 11.8 Å². The van der Waals surface area contributed by atoms with Gasteiger partial charge in [0, 0.05) is 16.1 Å². The number of rotatable bonds is 3. The number of aryl methyl sites for hydroxylation is 1. The molecule has 2 aromatic rings. The molecule has 0 saturated carbocycles. The normalized spacial score (nSPS) is 10.3. The molecule has 0 fully saturated rings. The van der Waals surface area contributed by atoms with E-state index in [1.165, 1.54) is 12.1 Å². The molecule has 0 aliphatic carbocycles. The number of halogens is 1.